The van der Waals surface area contributed by atoms with Crippen LogP contribution in [0.1, 0.15) is 44.2 Å². The number of urea groups is 1. The number of hydrogen-bond donors (Lipinski definition) is 3. The van der Waals surface area contributed by atoms with Crippen LogP contribution in [-0.4, -0.2) is 68.1 Å². The Balaban J connectivity index is 1.29. The molecule has 1 aromatic carbocycles. The molecule has 2 aliphatic rings. The van der Waals surface area contributed by atoms with Crippen molar-refractivity contribution in [2.24, 2.45) is 5.92 Å². The highest BCUT2D eigenvalue weighted by atomic mass is 16.2. The van der Waals surface area contributed by atoms with Gasteiger partial charge in [-0.2, -0.15) is 0 Å². The first-order valence-electron chi connectivity index (χ1n) is 10.9. The van der Waals surface area contributed by atoms with E-state index in [0.29, 0.717) is 6.54 Å². The summed E-state index contributed by atoms with van der Waals surface area (Å²) in [5.41, 5.74) is 1.82. The summed E-state index contributed by atoms with van der Waals surface area (Å²) in [7, 11) is 2.17. The predicted octanol–water partition coefficient (Wildman–Crippen LogP) is 2.42. The molecule has 1 aliphatic carbocycles. The van der Waals surface area contributed by atoms with Crippen LogP contribution in [0.15, 0.2) is 24.3 Å². The van der Waals surface area contributed by atoms with Gasteiger partial charge in [-0.05, 0) is 63.9 Å². The molecule has 1 unspecified atom stereocenters. The van der Waals surface area contributed by atoms with Crippen molar-refractivity contribution in [3.05, 3.63) is 29.8 Å². The van der Waals surface area contributed by atoms with Gasteiger partial charge in [-0.25, -0.2) is 4.79 Å². The zero-order valence-corrected chi connectivity index (χ0v) is 17.7. The smallest absolute Gasteiger partial charge is 0.315 e. The average molecular weight is 402 g/mol. The maximum absolute atomic E-state index is 12.1. The minimum absolute atomic E-state index is 0.0893. The zero-order chi connectivity index (χ0) is 20.6. The van der Waals surface area contributed by atoms with Crippen molar-refractivity contribution < 1.29 is 9.59 Å². The van der Waals surface area contributed by atoms with Crippen LogP contribution in [0, 0.1) is 5.92 Å². The largest absolute Gasteiger partial charge is 0.338 e. The molecule has 1 saturated carbocycles. The van der Waals surface area contributed by atoms with Gasteiger partial charge >= 0.3 is 6.03 Å². The van der Waals surface area contributed by atoms with Gasteiger partial charge in [0.05, 0.1) is 6.04 Å². The highest BCUT2D eigenvalue weighted by Gasteiger charge is 2.29. The summed E-state index contributed by atoms with van der Waals surface area (Å²) < 4.78 is 0. The van der Waals surface area contributed by atoms with E-state index < -0.39 is 0 Å². The monoisotopic (exact) mass is 401 g/mol. The van der Waals surface area contributed by atoms with Gasteiger partial charge in [0.2, 0.25) is 5.91 Å². The highest BCUT2D eigenvalue weighted by molar-refractivity contribution is 5.94. The lowest BCUT2D eigenvalue weighted by Crippen LogP contribution is -2.44. The molecule has 0 aromatic heterocycles. The molecule has 1 atom stereocenters. The van der Waals surface area contributed by atoms with E-state index in [0.717, 1.165) is 69.7 Å². The number of unbranched alkanes of at least 4 members (excludes halogenated alkanes) is 1. The third-order valence-corrected chi connectivity index (χ3v) is 5.76. The summed E-state index contributed by atoms with van der Waals surface area (Å²) in [4.78, 5) is 28.8. The van der Waals surface area contributed by atoms with E-state index >= 15 is 0 Å². The van der Waals surface area contributed by atoms with Gasteiger partial charge in [-0.1, -0.05) is 12.1 Å². The quantitative estimate of drug-likeness (QED) is 0.556. The van der Waals surface area contributed by atoms with Crippen LogP contribution in [0.3, 0.4) is 0 Å². The fourth-order valence-electron chi connectivity index (χ4n) is 3.51. The van der Waals surface area contributed by atoms with E-state index in [-0.39, 0.29) is 23.9 Å². The topological polar surface area (TPSA) is 76.7 Å². The first-order chi connectivity index (χ1) is 14.0. The van der Waals surface area contributed by atoms with Gasteiger partial charge in [0.25, 0.3) is 0 Å². The van der Waals surface area contributed by atoms with Crippen molar-refractivity contribution in [3.8, 4) is 0 Å². The summed E-state index contributed by atoms with van der Waals surface area (Å²) in [6, 6.07) is 7.46. The minimum Gasteiger partial charge on any atom is -0.338 e. The molecule has 0 radical (unpaired) electrons. The second kappa shape index (κ2) is 10.6. The maximum atomic E-state index is 12.1. The molecule has 1 aromatic rings. The molecule has 7 heteroatoms. The Hall–Kier alpha value is -2.12. The van der Waals surface area contributed by atoms with Crippen LogP contribution >= 0.6 is 0 Å². The number of nitrogens with one attached hydrogen (secondary N) is 3. The van der Waals surface area contributed by atoms with Crippen LogP contribution < -0.4 is 16.0 Å². The lowest BCUT2D eigenvalue weighted by molar-refractivity contribution is -0.117. The maximum Gasteiger partial charge on any atom is 0.315 e. The van der Waals surface area contributed by atoms with Crippen molar-refractivity contribution in [3.63, 3.8) is 0 Å². The minimum atomic E-state index is -0.136. The fraction of sp³-hybridized carbons (Fsp3) is 0.636. The van der Waals surface area contributed by atoms with Crippen LogP contribution in [0.25, 0.3) is 0 Å². The molecule has 160 valence electrons. The predicted molar refractivity (Wildman–Crippen MR) is 116 cm³/mol. The van der Waals surface area contributed by atoms with Crippen LogP contribution in [0.2, 0.25) is 0 Å². The van der Waals surface area contributed by atoms with Crippen molar-refractivity contribution in [1.29, 1.82) is 0 Å². The first kappa shape index (κ1) is 21.6. The number of amides is 3. The number of benzene rings is 1. The Bertz CT molecular complexity index is 666. The Kier molecular flexibility index (Phi) is 7.89. The first-order valence-corrected chi connectivity index (χ1v) is 10.9. The van der Waals surface area contributed by atoms with E-state index in [1.54, 1.807) is 0 Å². The molecular formula is C22H35N5O2. The summed E-state index contributed by atoms with van der Waals surface area (Å²) >= 11 is 0. The second-order valence-electron chi connectivity index (χ2n) is 8.36. The van der Waals surface area contributed by atoms with Crippen molar-refractivity contribution in [2.45, 2.75) is 38.6 Å². The molecule has 2 fully saturated rings. The van der Waals surface area contributed by atoms with Crippen molar-refractivity contribution in [2.75, 3.05) is 51.6 Å². The van der Waals surface area contributed by atoms with Crippen LogP contribution in [-0.2, 0) is 4.79 Å². The molecule has 1 saturated heterocycles. The Morgan fingerprint density at radius 3 is 2.41 bits per heavy atom. The number of carbonyl (C=O) groups excluding carboxylic acids is 2. The number of nitrogens with zero attached hydrogens (tertiary/aromatic N) is 2. The molecular weight excluding hydrogens is 366 g/mol. The molecule has 1 aliphatic heterocycles. The van der Waals surface area contributed by atoms with Crippen molar-refractivity contribution >= 4 is 17.6 Å². The van der Waals surface area contributed by atoms with Gasteiger partial charge in [-0.15, -0.1) is 0 Å². The summed E-state index contributed by atoms with van der Waals surface area (Å²) in [6.07, 6.45) is 4.09. The van der Waals surface area contributed by atoms with Gasteiger partial charge in [0, 0.05) is 44.3 Å². The molecule has 3 rings (SSSR count). The van der Waals surface area contributed by atoms with E-state index in [1.165, 1.54) is 0 Å². The third kappa shape index (κ3) is 7.33. The van der Waals surface area contributed by atoms with Crippen molar-refractivity contribution in [1.82, 2.24) is 20.4 Å². The number of piperazine rings is 1. The third-order valence-electron chi connectivity index (χ3n) is 5.76. The molecule has 7 nitrogen and oxygen atoms in total. The molecule has 3 N–H and O–H groups in total. The molecule has 0 spiro atoms. The fourth-order valence-corrected chi connectivity index (χ4v) is 3.51. The lowest BCUT2D eigenvalue weighted by Gasteiger charge is -2.32. The van der Waals surface area contributed by atoms with E-state index in [2.05, 4.69) is 32.8 Å². The molecule has 3 amide bonds. The van der Waals surface area contributed by atoms with Gasteiger partial charge in [0.1, 0.15) is 0 Å². The molecule has 0 bridgehead atoms. The Morgan fingerprint density at radius 2 is 1.76 bits per heavy atom. The van der Waals surface area contributed by atoms with Crippen LogP contribution in [0.4, 0.5) is 10.5 Å². The van der Waals surface area contributed by atoms with Gasteiger partial charge in [-0.3, -0.25) is 4.79 Å². The van der Waals surface area contributed by atoms with Gasteiger partial charge < -0.3 is 25.8 Å². The van der Waals surface area contributed by atoms with Gasteiger partial charge in [0.15, 0.2) is 0 Å². The number of rotatable bonds is 9. The van der Waals surface area contributed by atoms with E-state index in [9.17, 15) is 9.59 Å². The number of carbonyl (C=O) groups is 2. The Labute approximate surface area is 174 Å². The number of hydrogen-bond acceptors (Lipinski definition) is 4. The standard InChI is InChI=1S/C22H35N5O2/c1-17(18-7-9-20(10-8-18)25-21(28)19-5-6-19)24-22(29)23-11-3-4-12-27-15-13-26(2)14-16-27/h7-10,17,19H,3-6,11-16H2,1-2H3,(H,25,28)(H2,23,24,29). The number of anilines is 1. The summed E-state index contributed by atoms with van der Waals surface area (Å²) in [6.45, 7) is 8.34. The normalized spacial score (nSPS) is 18.8. The van der Waals surface area contributed by atoms with E-state index in [1.807, 2.05) is 31.2 Å². The highest BCUT2D eigenvalue weighted by Crippen LogP contribution is 2.30. The molecule has 29 heavy (non-hydrogen) atoms. The SMILES string of the molecule is CC(NC(=O)NCCCCN1CCN(C)CC1)c1ccc(NC(=O)C2CC2)cc1. The lowest BCUT2D eigenvalue weighted by atomic mass is 10.1. The zero-order valence-electron chi connectivity index (χ0n) is 17.7. The average Bonchev–Trinajstić information content (AvgIpc) is 3.55. The Morgan fingerprint density at radius 1 is 1.07 bits per heavy atom. The summed E-state index contributed by atoms with van der Waals surface area (Å²) in [5, 5.41) is 8.86. The molecule has 1 heterocycles. The van der Waals surface area contributed by atoms with Crippen LogP contribution in [0.5, 0.6) is 0 Å². The number of likely N-dealkylation sites (N-methyl/N-ethyl adjacent to an activating group) is 1. The van der Waals surface area contributed by atoms with E-state index in [4.69, 9.17) is 0 Å². The summed E-state index contributed by atoms with van der Waals surface area (Å²) in [5.74, 6) is 0.302. The second-order valence-corrected chi connectivity index (χ2v) is 8.36.